The van der Waals surface area contributed by atoms with Crippen molar-refractivity contribution in [2.45, 2.75) is 231 Å². The monoisotopic (exact) mass is 1800 g/mol. The summed E-state index contributed by atoms with van der Waals surface area (Å²) in [6.45, 7) is 18.8. The molecule has 710 valence electrons. The first-order valence-electron chi connectivity index (χ1n) is 45.4. The number of carbonyl (C=O) groups is 7. The molecular formula is C91H138N14O23. The molecule has 9 rings (SSSR count). The van der Waals surface area contributed by atoms with Crippen LogP contribution in [0.25, 0.3) is 33.3 Å². The highest BCUT2D eigenvalue weighted by Crippen LogP contribution is 2.38. The second-order valence-corrected chi connectivity index (χ2v) is 33.7. The standard InChI is InChI=1S/C91H138N14O23/c1-60-18-10-9-11-19-61(2)72(99-90(114)117-8)55-70-24-22-65(6)91(115,128-70)84(111)88(112)104-30-15-12-21-73(104)89(113)127-76(56-74(106)62(3)51-64(5)82(109)83(110)81(108)63(4)50-60)71(92)52-66-23-25-75(77(53-66)116-7)126-33-17-13-20-69-58-103(102-100-69)32-35-119-37-39-121-41-43-123-45-47-125-49-48-124-46-44-122-42-40-120-38-36-118-34-27-78(107)94-28-14-16-31-105-87-79(85(93)97-59-98-87)80(101-105)68-54-67-26-29-95-86(67)96-57-68/h9-11,18-19,26,29,51,54,57-60,62-63,65-66,70-73,75-77,82-83,109-110,115H,12-17,20-25,27-28,30-50,52-53,55-56,92H2,1-8H3,(H,94,107)(H,95,96)(H,99,114)(H2,93,97,98)/b11-9?,18-10+,61-19?,64-51+/t60-,62-,63-,65-,66+,70+,71-,72+,73+,75-,76+,77-,82-,83+,91-/m1/s1. The molecule has 4 aliphatic rings. The van der Waals surface area contributed by atoms with E-state index in [1.807, 2.05) is 42.2 Å². The molecule has 37 nitrogen and oxygen atoms in total. The van der Waals surface area contributed by atoms with E-state index in [0.717, 1.165) is 52.9 Å². The fraction of sp³-hybridized carbons (Fsp3) is 0.681. The van der Waals surface area contributed by atoms with Crippen LogP contribution >= 0.6 is 0 Å². The quantitative estimate of drug-likeness (QED) is 0.00846. The number of aryl methyl sites for hydroxylation is 2. The summed E-state index contributed by atoms with van der Waals surface area (Å²) in [5, 5.41) is 55.6. The van der Waals surface area contributed by atoms with Crippen molar-refractivity contribution in [1.82, 2.24) is 60.2 Å². The predicted molar refractivity (Wildman–Crippen MR) is 473 cm³/mol. The van der Waals surface area contributed by atoms with Crippen LogP contribution in [0.2, 0.25) is 0 Å². The van der Waals surface area contributed by atoms with E-state index in [2.05, 4.69) is 40.9 Å². The lowest BCUT2D eigenvalue weighted by atomic mass is 9.80. The summed E-state index contributed by atoms with van der Waals surface area (Å²) in [5.74, 6) is -9.13. The number of aromatic nitrogens is 9. The van der Waals surface area contributed by atoms with Gasteiger partial charge in [0, 0.05) is 99.5 Å². The number of carbonyl (C=O) groups excluding carboxylic acids is 7. The summed E-state index contributed by atoms with van der Waals surface area (Å²) in [6, 6.07) is 1.07. The van der Waals surface area contributed by atoms with Crippen molar-refractivity contribution in [3.05, 3.63) is 90.3 Å². The Morgan fingerprint density at radius 2 is 1.42 bits per heavy atom. The van der Waals surface area contributed by atoms with Gasteiger partial charge in [-0.05, 0) is 146 Å². The number of amides is 3. The van der Waals surface area contributed by atoms with Crippen LogP contribution in [0, 0.1) is 29.6 Å². The number of cyclic esters (lactones) is 1. The number of nitrogens with zero attached hydrogens (tertiary/aromatic N) is 9. The van der Waals surface area contributed by atoms with Crippen molar-refractivity contribution >= 4 is 69.1 Å². The Labute approximate surface area is 749 Å². The number of aliphatic hydroxyl groups is 3. The van der Waals surface area contributed by atoms with Crippen molar-refractivity contribution in [1.29, 1.82) is 0 Å². The SMILES string of the molecule is COC(=O)N[C@H]1C[C@@H]2CC[C@@H](C)[C@@](O)(O2)C(=O)C(=O)N2CCCC[C@H]2C(=O)O[C@H]([C@H](N)C[C@@H]2CC[C@@H](OCCCCc3cn(CCOCCOCCOCCOCCOCCOCCOCCOCCC(=O)NCCCCn4nc(-c5cnc6[nH]ccc6c5)c5c(N)ncnc54)nn3)[C@H](OC)C2)CC(=O)[C@H](C)/C=C(\C)[C@@H](O)[C@@H](O)C(=O)[C@H](C)C[C@H](C)/C=C/C=CC=C1C. The molecule has 5 aromatic rings. The van der Waals surface area contributed by atoms with Gasteiger partial charge in [0.05, 0.1) is 155 Å². The number of hydrogen-bond donors (Lipinski definition) is 8. The summed E-state index contributed by atoms with van der Waals surface area (Å²) >= 11 is 0. The van der Waals surface area contributed by atoms with Gasteiger partial charge >= 0.3 is 12.1 Å². The van der Waals surface area contributed by atoms with Crippen LogP contribution in [-0.4, -0.2) is 306 Å². The third kappa shape index (κ3) is 32.7. The Morgan fingerprint density at radius 3 is 2.11 bits per heavy atom. The number of unbranched alkanes of at least 4 members (excludes halogenated alkanes) is 2. The number of piperidine rings is 1. The molecule has 37 heteroatoms. The fourth-order valence-corrected chi connectivity index (χ4v) is 16.3. The Kier molecular flexibility index (Phi) is 44.1. The van der Waals surface area contributed by atoms with Crippen molar-refractivity contribution in [3.63, 3.8) is 0 Å². The first-order chi connectivity index (χ1) is 61.8. The van der Waals surface area contributed by atoms with Crippen molar-refractivity contribution < 1.29 is 110 Å². The lowest BCUT2D eigenvalue weighted by molar-refractivity contribution is -0.264. The van der Waals surface area contributed by atoms with E-state index in [1.54, 1.807) is 70.0 Å². The summed E-state index contributed by atoms with van der Waals surface area (Å²) < 4.78 is 78.4. The number of aliphatic hydroxyl groups excluding tert-OH is 2. The number of aromatic amines is 1. The van der Waals surface area contributed by atoms with Gasteiger partial charge in [-0.1, -0.05) is 74.9 Å². The van der Waals surface area contributed by atoms with E-state index in [-0.39, 0.29) is 74.2 Å². The molecule has 1 aliphatic carbocycles. The molecule has 3 fully saturated rings. The first-order valence-corrected chi connectivity index (χ1v) is 45.4. The summed E-state index contributed by atoms with van der Waals surface area (Å²) in [4.78, 5) is 114. The lowest BCUT2D eigenvalue weighted by Crippen LogP contribution is -2.61. The molecule has 128 heavy (non-hydrogen) atoms. The molecule has 15 atom stereocenters. The number of nitrogens with one attached hydrogen (secondary N) is 3. The fourth-order valence-electron chi connectivity index (χ4n) is 16.3. The van der Waals surface area contributed by atoms with Gasteiger partial charge in [-0.25, -0.2) is 33.9 Å². The lowest BCUT2D eigenvalue weighted by Gasteiger charge is -2.43. The number of hydrogen-bond acceptors (Lipinski definition) is 31. The number of Topliss-reactive ketones (excluding diaryl/α,β-unsaturated/α-hetero) is 3. The van der Waals surface area contributed by atoms with Gasteiger partial charge in [0.2, 0.25) is 11.7 Å². The maximum Gasteiger partial charge on any atom is 0.407 e. The topological polar surface area (TPSA) is 482 Å². The number of ketones is 3. The predicted octanol–water partition coefficient (Wildman–Crippen LogP) is 6.95. The number of nitrogen functional groups attached to an aromatic ring is 1. The van der Waals surface area contributed by atoms with Gasteiger partial charge in [0.15, 0.2) is 11.4 Å². The molecule has 3 amide bonds. The molecule has 1 saturated carbocycles. The molecule has 2 saturated heterocycles. The summed E-state index contributed by atoms with van der Waals surface area (Å²) in [5.41, 5.74) is 18.0. The molecule has 5 aromatic heterocycles. The Morgan fingerprint density at radius 1 is 0.734 bits per heavy atom. The van der Waals surface area contributed by atoms with Crippen molar-refractivity contribution in [3.8, 4) is 11.3 Å². The molecular weight excluding hydrogens is 1660 g/mol. The maximum absolute atomic E-state index is 14.7. The number of anilines is 1. The molecule has 0 spiro atoms. The van der Waals surface area contributed by atoms with E-state index >= 15 is 0 Å². The maximum atomic E-state index is 14.7. The second kappa shape index (κ2) is 54.8. The van der Waals surface area contributed by atoms with Gasteiger partial charge in [0.25, 0.3) is 11.7 Å². The average Bonchev–Trinajstić information content (AvgIpc) is 1.73. The zero-order chi connectivity index (χ0) is 91.7. The van der Waals surface area contributed by atoms with E-state index < -0.39 is 101 Å². The first kappa shape index (κ1) is 103. The minimum atomic E-state index is -2.59. The van der Waals surface area contributed by atoms with Crippen LogP contribution in [0.15, 0.2) is 84.7 Å². The number of pyridine rings is 1. The molecule has 2 bridgehead atoms. The highest BCUT2D eigenvalue weighted by Gasteiger charge is 2.53. The van der Waals surface area contributed by atoms with Gasteiger partial charge in [-0.2, -0.15) is 5.10 Å². The van der Waals surface area contributed by atoms with Crippen molar-refractivity contribution in [2.75, 3.05) is 145 Å². The van der Waals surface area contributed by atoms with Crippen LogP contribution in [-0.2, 0) is 110 Å². The van der Waals surface area contributed by atoms with Crippen LogP contribution in [0.1, 0.15) is 156 Å². The molecule has 0 unspecified atom stereocenters. The zero-order valence-electron chi connectivity index (χ0n) is 75.8. The van der Waals surface area contributed by atoms with E-state index in [0.29, 0.717) is 218 Å². The Hall–Kier alpha value is -8.77. The van der Waals surface area contributed by atoms with Crippen LogP contribution in [0.4, 0.5) is 10.6 Å². The second-order valence-electron chi connectivity index (χ2n) is 33.7. The van der Waals surface area contributed by atoms with E-state index in [4.69, 9.17) is 78.1 Å². The van der Waals surface area contributed by atoms with E-state index in [1.165, 1.54) is 26.4 Å². The third-order valence-electron chi connectivity index (χ3n) is 23.9. The normalized spacial score (nSPS) is 25.7. The van der Waals surface area contributed by atoms with Gasteiger partial charge < -0.3 is 109 Å². The molecule has 8 heterocycles. The summed E-state index contributed by atoms with van der Waals surface area (Å²) in [7, 11) is 2.86. The number of fused-ring (bicyclic) bond motifs is 5. The van der Waals surface area contributed by atoms with Gasteiger partial charge in [-0.3, -0.25) is 24.0 Å². The van der Waals surface area contributed by atoms with Crippen LogP contribution < -0.4 is 22.1 Å². The highest BCUT2D eigenvalue weighted by molar-refractivity contribution is 6.39. The Bertz CT molecular complexity index is 4380. The number of ether oxygens (including phenoxy) is 13. The number of nitrogens with two attached hydrogens (primary N) is 2. The van der Waals surface area contributed by atoms with E-state index in [9.17, 15) is 48.9 Å². The summed E-state index contributed by atoms with van der Waals surface area (Å²) in [6.07, 6.45) is 18.8. The number of H-pyrrole nitrogens is 1. The van der Waals surface area contributed by atoms with Gasteiger partial charge in [-0.15, -0.1) is 5.10 Å². The van der Waals surface area contributed by atoms with Gasteiger partial charge in [0.1, 0.15) is 53.6 Å². The number of esters is 1. The molecule has 3 aliphatic heterocycles. The molecule has 0 radical (unpaired) electrons. The number of rotatable bonds is 44. The number of methoxy groups -OCH3 is 2. The molecule has 10 N–H and O–H groups in total. The van der Waals surface area contributed by atoms with Crippen LogP contribution in [0.3, 0.4) is 0 Å². The minimum Gasteiger partial charge on any atom is -0.459 e. The zero-order valence-corrected chi connectivity index (χ0v) is 75.8. The highest BCUT2D eigenvalue weighted by atomic mass is 16.6. The average molecular weight is 1800 g/mol. The van der Waals surface area contributed by atoms with Crippen LogP contribution in [0.5, 0.6) is 0 Å². The molecule has 0 aromatic carbocycles. The minimum absolute atomic E-state index is 0.0158. The number of alkyl carbamates (subject to hydrolysis) is 1. The van der Waals surface area contributed by atoms with Crippen molar-refractivity contribution in [2.24, 2.45) is 35.3 Å². The Balaban J connectivity index is 0.592. The smallest absolute Gasteiger partial charge is 0.407 e. The third-order valence-corrected chi connectivity index (χ3v) is 23.9. The largest absolute Gasteiger partial charge is 0.459 e. The number of allylic oxidation sites excluding steroid dienone is 6.